The van der Waals surface area contributed by atoms with Crippen molar-refractivity contribution in [2.24, 2.45) is 11.8 Å². The van der Waals surface area contributed by atoms with Crippen LogP contribution in [0, 0.1) is 11.8 Å². The summed E-state index contributed by atoms with van der Waals surface area (Å²) in [5.74, 6) is 0.135. The van der Waals surface area contributed by atoms with Crippen molar-refractivity contribution in [3.05, 3.63) is 35.4 Å². The third-order valence-corrected chi connectivity index (χ3v) is 4.80. The normalized spacial score (nSPS) is 23.2. The molecule has 1 aliphatic rings. The van der Waals surface area contributed by atoms with Crippen LogP contribution < -0.4 is 0 Å². The minimum absolute atomic E-state index is 0.0140. The smallest absolute Gasteiger partial charge is 0.429 e. The van der Waals surface area contributed by atoms with Crippen molar-refractivity contribution in [1.29, 1.82) is 0 Å². The minimum Gasteiger partial charge on any atom is -0.429 e. The highest BCUT2D eigenvalue weighted by Gasteiger charge is 2.29. The highest BCUT2D eigenvalue weighted by Crippen LogP contribution is 2.30. The van der Waals surface area contributed by atoms with Gasteiger partial charge in [-0.3, -0.25) is 4.89 Å². The SMILES string of the molecule is CC1CCC(OC(=O)OOOC(=O)c2ccc(C(C)(C)C)cc2)C(C)C1. The van der Waals surface area contributed by atoms with Crippen molar-refractivity contribution in [3.63, 3.8) is 0 Å². The molecule has 2 rings (SSSR count). The van der Waals surface area contributed by atoms with Gasteiger partial charge >= 0.3 is 12.1 Å². The number of benzene rings is 1. The molecule has 144 valence electrons. The van der Waals surface area contributed by atoms with E-state index in [1.165, 1.54) is 0 Å². The molecule has 0 aliphatic heterocycles. The van der Waals surface area contributed by atoms with Gasteiger partial charge in [0.15, 0.2) is 0 Å². The van der Waals surface area contributed by atoms with Crippen molar-refractivity contribution >= 4 is 12.1 Å². The number of ether oxygens (including phenoxy) is 1. The van der Waals surface area contributed by atoms with Crippen LogP contribution in [0.4, 0.5) is 4.79 Å². The Kier molecular flexibility index (Phi) is 6.64. The molecule has 0 spiro atoms. The first-order chi connectivity index (χ1) is 12.2. The number of hydrogen-bond donors (Lipinski definition) is 0. The minimum atomic E-state index is -1.01. The summed E-state index contributed by atoms with van der Waals surface area (Å²) in [6.07, 6.45) is 1.58. The molecule has 0 saturated heterocycles. The molecule has 6 heteroatoms. The lowest BCUT2D eigenvalue weighted by Gasteiger charge is -2.31. The zero-order valence-corrected chi connectivity index (χ0v) is 16.1. The summed E-state index contributed by atoms with van der Waals surface area (Å²) in [6.45, 7) is 10.5. The predicted molar refractivity (Wildman–Crippen MR) is 95.2 cm³/mol. The fourth-order valence-electron chi connectivity index (χ4n) is 3.19. The summed E-state index contributed by atoms with van der Waals surface area (Å²) in [5.41, 5.74) is 1.37. The summed E-state index contributed by atoms with van der Waals surface area (Å²) >= 11 is 0. The average molecular weight is 364 g/mol. The number of rotatable bonds is 4. The molecular formula is C20H28O6. The van der Waals surface area contributed by atoms with Crippen molar-refractivity contribution < 1.29 is 29.1 Å². The first-order valence-electron chi connectivity index (χ1n) is 9.03. The molecule has 1 aromatic rings. The van der Waals surface area contributed by atoms with Gasteiger partial charge in [-0.05, 0) is 54.2 Å². The second kappa shape index (κ2) is 8.54. The molecule has 6 nitrogen and oxygen atoms in total. The Morgan fingerprint density at radius 3 is 2.23 bits per heavy atom. The van der Waals surface area contributed by atoms with E-state index in [0.717, 1.165) is 24.8 Å². The van der Waals surface area contributed by atoms with E-state index in [0.29, 0.717) is 11.5 Å². The van der Waals surface area contributed by atoms with E-state index in [1.54, 1.807) is 12.1 Å². The lowest BCUT2D eigenvalue weighted by Crippen LogP contribution is -2.31. The van der Waals surface area contributed by atoms with Gasteiger partial charge in [0.25, 0.3) is 0 Å². The van der Waals surface area contributed by atoms with E-state index in [9.17, 15) is 9.59 Å². The van der Waals surface area contributed by atoms with Crippen LogP contribution in [-0.4, -0.2) is 18.2 Å². The fraction of sp³-hybridized carbons (Fsp3) is 0.600. The van der Waals surface area contributed by atoms with Crippen molar-refractivity contribution in [3.8, 4) is 0 Å². The summed E-state index contributed by atoms with van der Waals surface area (Å²) < 4.78 is 5.22. The van der Waals surface area contributed by atoms with Crippen LogP contribution in [-0.2, 0) is 25.0 Å². The highest BCUT2D eigenvalue weighted by atomic mass is 17.5. The first-order valence-corrected chi connectivity index (χ1v) is 9.03. The lowest BCUT2D eigenvalue weighted by molar-refractivity contribution is -0.453. The molecule has 3 atom stereocenters. The van der Waals surface area contributed by atoms with E-state index < -0.39 is 12.1 Å². The van der Waals surface area contributed by atoms with Crippen molar-refractivity contribution in [1.82, 2.24) is 0 Å². The van der Waals surface area contributed by atoms with Crippen molar-refractivity contribution in [2.45, 2.75) is 65.4 Å². The third kappa shape index (κ3) is 5.73. The second-order valence-electron chi connectivity index (χ2n) is 8.15. The molecule has 0 aromatic heterocycles. The molecule has 1 fully saturated rings. The average Bonchev–Trinajstić information content (AvgIpc) is 2.56. The Morgan fingerprint density at radius 1 is 1.00 bits per heavy atom. The quantitative estimate of drug-likeness (QED) is 0.427. The highest BCUT2D eigenvalue weighted by molar-refractivity contribution is 5.88. The Bertz CT molecular complexity index is 616. The van der Waals surface area contributed by atoms with Gasteiger partial charge in [0, 0.05) is 0 Å². The zero-order valence-electron chi connectivity index (χ0n) is 16.1. The fourth-order valence-corrected chi connectivity index (χ4v) is 3.19. The number of carbonyl (C=O) groups excluding carboxylic acids is 2. The molecule has 1 saturated carbocycles. The zero-order chi connectivity index (χ0) is 19.3. The van der Waals surface area contributed by atoms with Crippen molar-refractivity contribution in [2.75, 3.05) is 0 Å². The third-order valence-electron chi connectivity index (χ3n) is 4.80. The van der Waals surface area contributed by atoms with Crippen LogP contribution in [0.3, 0.4) is 0 Å². The molecule has 1 aliphatic carbocycles. The van der Waals surface area contributed by atoms with Gasteiger partial charge in [0.1, 0.15) is 6.10 Å². The van der Waals surface area contributed by atoms with Gasteiger partial charge in [0.05, 0.1) is 10.6 Å². The summed E-state index contributed by atoms with van der Waals surface area (Å²) in [7, 11) is 0. The largest absolute Gasteiger partial charge is 0.543 e. The number of carbonyl (C=O) groups is 2. The maximum Gasteiger partial charge on any atom is 0.543 e. The van der Waals surface area contributed by atoms with Gasteiger partial charge < -0.3 is 4.74 Å². The summed E-state index contributed by atoms with van der Waals surface area (Å²) in [5, 5.41) is 4.28. The number of hydrogen-bond acceptors (Lipinski definition) is 6. The maximum absolute atomic E-state index is 11.9. The Hall–Kier alpha value is -2.08. The standard InChI is InChI=1S/C20H28O6/c1-13-6-11-17(14(2)12-13)23-19(22)25-26-24-18(21)15-7-9-16(10-8-15)20(3,4)5/h7-10,13-14,17H,6,11-12H2,1-5H3. The Balaban J connectivity index is 1.75. The van der Waals surface area contributed by atoms with E-state index in [2.05, 4.69) is 42.5 Å². The van der Waals surface area contributed by atoms with E-state index in [1.807, 2.05) is 19.1 Å². The second-order valence-corrected chi connectivity index (χ2v) is 8.15. The van der Waals surface area contributed by atoms with Crippen LogP contribution >= 0.6 is 0 Å². The van der Waals surface area contributed by atoms with Crippen LogP contribution in [0.25, 0.3) is 0 Å². The topological polar surface area (TPSA) is 71.1 Å². The van der Waals surface area contributed by atoms with Gasteiger partial charge in [0.2, 0.25) is 0 Å². The molecule has 0 amide bonds. The van der Waals surface area contributed by atoms with Gasteiger partial charge in [-0.1, -0.05) is 46.8 Å². The van der Waals surface area contributed by atoms with Gasteiger partial charge in [-0.25, -0.2) is 14.5 Å². The molecule has 26 heavy (non-hydrogen) atoms. The molecule has 0 radical (unpaired) electrons. The first kappa shape index (κ1) is 20.2. The summed E-state index contributed by atoms with van der Waals surface area (Å²) in [4.78, 5) is 32.4. The van der Waals surface area contributed by atoms with E-state index in [-0.39, 0.29) is 17.4 Å². The van der Waals surface area contributed by atoms with E-state index >= 15 is 0 Å². The molecular weight excluding hydrogens is 336 g/mol. The predicted octanol–water partition coefficient (Wildman–Crippen LogP) is 4.97. The van der Waals surface area contributed by atoms with Crippen LogP contribution in [0.5, 0.6) is 0 Å². The van der Waals surface area contributed by atoms with Crippen LogP contribution in [0.15, 0.2) is 24.3 Å². The lowest BCUT2D eigenvalue weighted by atomic mass is 9.81. The summed E-state index contributed by atoms with van der Waals surface area (Å²) in [6, 6.07) is 6.96. The monoisotopic (exact) mass is 364 g/mol. The van der Waals surface area contributed by atoms with Crippen LogP contribution in [0.1, 0.15) is 69.8 Å². The Morgan fingerprint density at radius 2 is 1.65 bits per heavy atom. The molecule has 0 bridgehead atoms. The maximum atomic E-state index is 11.9. The van der Waals surface area contributed by atoms with Gasteiger partial charge in [-0.15, -0.1) is 0 Å². The Labute approximate surface area is 154 Å². The molecule has 3 unspecified atom stereocenters. The van der Waals surface area contributed by atoms with Gasteiger partial charge in [-0.2, -0.15) is 0 Å². The van der Waals surface area contributed by atoms with Crippen LogP contribution in [0.2, 0.25) is 0 Å². The molecule has 1 aromatic carbocycles. The van der Waals surface area contributed by atoms with E-state index in [4.69, 9.17) is 4.74 Å². The molecule has 0 N–H and O–H groups in total. The molecule has 0 heterocycles.